The van der Waals surface area contributed by atoms with Crippen molar-refractivity contribution in [3.63, 3.8) is 0 Å². The van der Waals surface area contributed by atoms with Gasteiger partial charge in [-0.25, -0.2) is 14.3 Å². The molecule has 0 saturated heterocycles. The molecule has 0 fully saturated rings. The molecule has 16 heavy (non-hydrogen) atoms. The molecule has 0 radical (unpaired) electrons. The number of hydrogen-bond acceptors (Lipinski definition) is 2. The average Bonchev–Trinajstić information content (AvgIpc) is 2.55. The summed E-state index contributed by atoms with van der Waals surface area (Å²) in [5, 5.41) is 8.82. The maximum atomic E-state index is 12.6. The Morgan fingerprint density at radius 1 is 1.44 bits per heavy atom. The van der Waals surface area contributed by atoms with E-state index in [9.17, 15) is 18.0 Å². The van der Waals surface area contributed by atoms with E-state index in [4.69, 9.17) is 5.11 Å². The molecule has 0 saturated carbocycles. The van der Waals surface area contributed by atoms with E-state index in [2.05, 4.69) is 4.98 Å². The van der Waals surface area contributed by atoms with E-state index in [0.29, 0.717) is 0 Å². The molecule has 2 rings (SSSR count). The van der Waals surface area contributed by atoms with Crippen LogP contribution in [0.3, 0.4) is 0 Å². The Kier molecular flexibility index (Phi) is 2.11. The molecule has 84 valence electrons. The quantitative estimate of drug-likeness (QED) is 0.817. The zero-order chi connectivity index (χ0) is 11.9. The van der Waals surface area contributed by atoms with Crippen molar-refractivity contribution < 1.29 is 23.1 Å². The smallest absolute Gasteiger partial charge is 0.477 e. The van der Waals surface area contributed by atoms with Gasteiger partial charge in [0.05, 0.1) is 0 Å². The van der Waals surface area contributed by atoms with Gasteiger partial charge in [0.1, 0.15) is 11.3 Å². The van der Waals surface area contributed by atoms with Gasteiger partial charge in [0.2, 0.25) is 0 Å². The summed E-state index contributed by atoms with van der Waals surface area (Å²) in [5.74, 6) is -1.64. The van der Waals surface area contributed by atoms with Gasteiger partial charge in [-0.2, -0.15) is 0 Å². The lowest BCUT2D eigenvalue weighted by Crippen LogP contribution is -2.21. The van der Waals surface area contributed by atoms with Crippen LogP contribution in [-0.2, 0) is 6.30 Å². The maximum absolute atomic E-state index is 12.6. The van der Waals surface area contributed by atoms with E-state index in [1.165, 1.54) is 18.3 Å². The largest absolute Gasteiger partial charge is 0.490 e. The van der Waals surface area contributed by atoms with Gasteiger partial charge < -0.3 is 5.11 Å². The number of carbonyl (C=O) groups is 1. The van der Waals surface area contributed by atoms with Gasteiger partial charge in [0.25, 0.3) is 0 Å². The molecule has 0 aliphatic carbocycles. The van der Waals surface area contributed by atoms with Crippen LogP contribution in [0.1, 0.15) is 10.5 Å². The van der Waals surface area contributed by atoms with Crippen LogP contribution < -0.4 is 0 Å². The van der Waals surface area contributed by atoms with Gasteiger partial charge in [-0.05, 0) is 18.2 Å². The lowest BCUT2D eigenvalue weighted by molar-refractivity contribution is -0.201. The first kappa shape index (κ1) is 10.5. The van der Waals surface area contributed by atoms with Gasteiger partial charge in [0, 0.05) is 11.6 Å². The molecule has 2 aromatic heterocycles. The van der Waals surface area contributed by atoms with Crippen LogP contribution in [0.15, 0.2) is 24.4 Å². The Balaban J connectivity index is 2.85. The third kappa shape index (κ3) is 1.50. The molecule has 2 heterocycles. The molecule has 0 aliphatic heterocycles. The van der Waals surface area contributed by atoms with Crippen LogP contribution in [0.5, 0.6) is 0 Å². The minimum Gasteiger partial charge on any atom is -0.477 e. The summed E-state index contributed by atoms with van der Waals surface area (Å²) in [6, 6.07) is 3.75. The number of aromatic nitrogens is 2. The average molecular weight is 230 g/mol. The summed E-state index contributed by atoms with van der Waals surface area (Å²) in [6.07, 6.45) is -3.62. The van der Waals surface area contributed by atoms with Crippen molar-refractivity contribution in [2.75, 3.05) is 0 Å². The Bertz CT molecular complexity index is 559. The molecular weight excluding hydrogens is 225 g/mol. The number of pyridine rings is 1. The van der Waals surface area contributed by atoms with Crippen molar-refractivity contribution >= 4 is 17.0 Å². The number of rotatable bonds is 1. The summed E-state index contributed by atoms with van der Waals surface area (Å²) < 4.78 is 37.6. The molecule has 0 aliphatic rings. The third-order valence-electron chi connectivity index (χ3n) is 2.03. The van der Waals surface area contributed by atoms with Crippen LogP contribution in [0.4, 0.5) is 13.2 Å². The number of halogens is 3. The van der Waals surface area contributed by atoms with E-state index >= 15 is 0 Å². The molecular formula is C9H5F3N2O2. The standard InChI is InChI=1S/C9H5F3N2O2/c10-9(11,12)14-6(8(15)16)4-5-2-1-3-13-7(5)14/h1-4H,(H,15,16). The second-order valence-electron chi connectivity index (χ2n) is 3.05. The zero-order valence-electron chi connectivity index (χ0n) is 7.69. The SMILES string of the molecule is O=C(O)c1cc2cccnc2n1C(F)(F)F. The molecule has 7 heteroatoms. The lowest BCUT2D eigenvalue weighted by Gasteiger charge is -2.10. The van der Waals surface area contributed by atoms with Crippen LogP contribution in [0.2, 0.25) is 0 Å². The summed E-state index contributed by atoms with van der Waals surface area (Å²) in [4.78, 5) is 14.2. The zero-order valence-corrected chi connectivity index (χ0v) is 7.69. The Morgan fingerprint density at radius 3 is 2.69 bits per heavy atom. The number of carboxylic acid groups (broad SMARTS) is 1. The molecule has 0 atom stereocenters. The Morgan fingerprint density at radius 2 is 2.12 bits per heavy atom. The van der Waals surface area contributed by atoms with Crippen LogP contribution in [-0.4, -0.2) is 20.6 Å². The first-order valence-corrected chi connectivity index (χ1v) is 4.18. The second kappa shape index (κ2) is 3.22. The first-order chi connectivity index (χ1) is 7.41. The van der Waals surface area contributed by atoms with E-state index in [-0.39, 0.29) is 9.95 Å². The number of hydrogen-bond donors (Lipinski definition) is 1. The number of nitrogens with zero attached hydrogens (tertiary/aromatic N) is 2. The Labute approximate surface area is 86.9 Å². The number of aromatic carboxylic acids is 1. The molecule has 2 aromatic rings. The van der Waals surface area contributed by atoms with Crippen molar-refractivity contribution in [2.45, 2.75) is 6.30 Å². The predicted molar refractivity (Wildman–Crippen MR) is 48.0 cm³/mol. The van der Waals surface area contributed by atoms with Crippen molar-refractivity contribution in [2.24, 2.45) is 0 Å². The van der Waals surface area contributed by atoms with Gasteiger partial charge in [-0.1, -0.05) is 0 Å². The minimum absolute atomic E-state index is 0.136. The highest BCUT2D eigenvalue weighted by Gasteiger charge is 2.37. The summed E-state index contributed by atoms with van der Waals surface area (Å²) in [6.45, 7) is 0. The van der Waals surface area contributed by atoms with Crippen molar-refractivity contribution in [1.82, 2.24) is 9.55 Å². The minimum atomic E-state index is -4.80. The fraction of sp³-hybridized carbons (Fsp3) is 0.111. The van der Waals surface area contributed by atoms with Crippen molar-refractivity contribution in [1.29, 1.82) is 0 Å². The van der Waals surface area contributed by atoms with Gasteiger partial charge in [0.15, 0.2) is 0 Å². The highest BCUT2D eigenvalue weighted by Crippen LogP contribution is 2.30. The van der Waals surface area contributed by atoms with E-state index in [1.807, 2.05) is 0 Å². The highest BCUT2D eigenvalue weighted by molar-refractivity contribution is 5.93. The van der Waals surface area contributed by atoms with E-state index in [1.54, 1.807) is 0 Å². The normalized spacial score (nSPS) is 11.9. The van der Waals surface area contributed by atoms with E-state index in [0.717, 1.165) is 6.07 Å². The predicted octanol–water partition coefficient (Wildman–Crippen LogP) is 2.21. The maximum Gasteiger partial charge on any atom is 0.490 e. The van der Waals surface area contributed by atoms with Crippen molar-refractivity contribution in [3.05, 3.63) is 30.1 Å². The number of fused-ring (bicyclic) bond motifs is 1. The first-order valence-electron chi connectivity index (χ1n) is 4.18. The molecule has 0 aromatic carbocycles. The Hall–Kier alpha value is -2.05. The van der Waals surface area contributed by atoms with E-state index < -0.39 is 23.6 Å². The molecule has 0 amide bonds. The van der Waals surface area contributed by atoms with Gasteiger partial charge >= 0.3 is 12.3 Å². The van der Waals surface area contributed by atoms with Crippen LogP contribution in [0.25, 0.3) is 11.0 Å². The summed E-state index contributed by atoms with van der Waals surface area (Å²) in [7, 11) is 0. The summed E-state index contributed by atoms with van der Waals surface area (Å²) >= 11 is 0. The monoisotopic (exact) mass is 230 g/mol. The fourth-order valence-electron chi connectivity index (χ4n) is 1.45. The molecule has 1 N–H and O–H groups in total. The van der Waals surface area contributed by atoms with Gasteiger partial charge in [-0.3, -0.25) is 0 Å². The molecule has 0 unspecified atom stereocenters. The number of alkyl halides is 3. The van der Waals surface area contributed by atoms with Crippen LogP contribution in [0, 0.1) is 0 Å². The van der Waals surface area contributed by atoms with Crippen LogP contribution >= 0.6 is 0 Å². The van der Waals surface area contributed by atoms with Gasteiger partial charge in [-0.15, -0.1) is 13.2 Å². The number of carboxylic acids is 1. The summed E-state index contributed by atoms with van der Waals surface area (Å²) in [5.41, 5.74) is -1.26. The fourth-order valence-corrected chi connectivity index (χ4v) is 1.45. The second-order valence-corrected chi connectivity index (χ2v) is 3.05. The highest BCUT2D eigenvalue weighted by atomic mass is 19.4. The molecule has 4 nitrogen and oxygen atoms in total. The lowest BCUT2D eigenvalue weighted by atomic mass is 10.3. The third-order valence-corrected chi connectivity index (χ3v) is 2.03. The topological polar surface area (TPSA) is 55.1 Å². The molecule has 0 spiro atoms. The molecule has 0 bridgehead atoms. The van der Waals surface area contributed by atoms with Crippen molar-refractivity contribution in [3.8, 4) is 0 Å².